The fourth-order valence-electron chi connectivity index (χ4n) is 17.0. The van der Waals surface area contributed by atoms with Gasteiger partial charge in [0.15, 0.2) is 0 Å². The van der Waals surface area contributed by atoms with Crippen LogP contribution in [0, 0.1) is 59.2 Å². The zero-order valence-electron chi connectivity index (χ0n) is 31.1. The maximum Gasteiger partial charge on any atom is 0.0137 e. The highest BCUT2D eigenvalue weighted by Gasteiger charge is 2.64. The maximum atomic E-state index is 3.48. The Hall–Kier alpha value is -0.340. The molecule has 10 rings (SSSR count). The molecule has 10 aliphatic rings. The van der Waals surface area contributed by atoms with Gasteiger partial charge in [0.05, 0.1) is 0 Å². The van der Waals surface area contributed by atoms with Crippen LogP contribution in [0.1, 0.15) is 180 Å². The van der Waals surface area contributed by atoms with Gasteiger partial charge < -0.3 is 0 Å². The second-order valence-electron chi connectivity index (χ2n) is 20.3. The van der Waals surface area contributed by atoms with E-state index in [9.17, 15) is 0 Å². The largest absolute Gasteiger partial charge is 0.294 e. The van der Waals surface area contributed by atoms with E-state index in [-0.39, 0.29) is 0 Å². The van der Waals surface area contributed by atoms with Crippen molar-refractivity contribution in [3.05, 3.63) is 12.2 Å². The van der Waals surface area contributed by atoms with Crippen molar-refractivity contribution >= 4 is 0 Å². The van der Waals surface area contributed by atoms with Gasteiger partial charge in [-0.2, -0.15) is 0 Å². The highest BCUT2D eigenvalue weighted by molar-refractivity contribution is 5.17. The number of hydrogen-bond donors (Lipinski definition) is 0. The van der Waals surface area contributed by atoms with Crippen molar-refractivity contribution in [2.24, 2.45) is 59.2 Å². The summed E-state index contributed by atoms with van der Waals surface area (Å²) in [6.45, 7) is 0. The van der Waals surface area contributed by atoms with Crippen molar-refractivity contribution in [3.8, 4) is 0 Å². The van der Waals surface area contributed by atoms with E-state index in [2.05, 4.69) is 22.0 Å². The van der Waals surface area contributed by atoms with Gasteiger partial charge in [0, 0.05) is 36.3 Å². The summed E-state index contributed by atoms with van der Waals surface area (Å²) in [7, 11) is 0. The maximum absolute atomic E-state index is 3.48. The fourth-order valence-corrected chi connectivity index (χ4v) is 17.0. The molecule has 0 N–H and O–H groups in total. The van der Waals surface area contributed by atoms with Crippen LogP contribution in [0.3, 0.4) is 0 Å². The Labute approximate surface area is 296 Å². The minimum atomic E-state index is 0.922. The van der Waals surface area contributed by atoms with Gasteiger partial charge in [-0.3, -0.25) is 9.80 Å². The second kappa shape index (κ2) is 13.9. The molecule has 2 saturated heterocycles. The van der Waals surface area contributed by atoms with Gasteiger partial charge in [-0.15, -0.1) is 0 Å². The molecule has 2 heterocycles. The number of nitrogens with zero attached hydrogens (tertiary/aromatic N) is 2. The predicted molar refractivity (Wildman–Crippen MR) is 200 cm³/mol. The summed E-state index contributed by atoms with van der Waals surface area (Å²) >= 11 is 0. The molecule has 14 unspecified atom stereocenters. The Balaban J connectivity index is 0.959. The van der Waals surface area contributed by atoms with Crippen LogP contribution in [0.25, 0.3) is 0 Å². The lowest BCUT2D eigenvalue weighted by molar-refractivity contribution is -0.00262. The molecule has 268 valence electrons. The first-order valence-electron chi connectivity index (χ1n) is 23.0. The monoisotopic (exact) mass is 655 g/mol. The molecule has 0 bridgehead atoms. The Morgan fingerprint density at radius 2 is 1.00 bits per heavy atom. The van der Waals surface area contributed by atoms with Crippen molar-refractivity contribution in [3.63, 3.8) is 0 Å². The summed E-state index contributed by atoms with van der Waals surface area (Å²) in [6.07, 6.45) is 48.5. The molecule has 14 atom stereocenters. The molecule has 0 spiro atoms. The van der Waals surface area contributed by atoms with Gasteiger partial charge in [0.1, 0.15) is 0 Å². The molecule has 7 saturated carbocycles. The van der Waals surface area contributed by atoms with Crippen molar-refractivity contribution in [2.45, 2.75) is 216 Å². The molecule has 9 fully saturated rings. The molecule has 8 aliphatic carbocycles. The Morgan fingerprint density at radius 1 is 0.354 bits per heavy atom. The van der Waals surface area contributed by atoms with Gasteiger partial charge in [0.2, 0.25) is 0 Å². The second-order valence-corrected chi connectivity index (χ2v) is 20.3. The van der Waals surface area contributed by atoms with Crippen LogP contribution in [0.15, 0.2) is 12.2 Å². The molecular weight excluding hydrogens is 581 g/mol. The normalized spacial score (nSPS) is 50.7. The minimum absolute atomic E-state index is 0.922. The zero-order valence-corrected chi connectivity index (χ0v) is 31.1. The Morgan fingerprint density at radius 3 is 1.83 bits per heavy atom. The number of hydrogen-bond acceptors (Lipinski definition) is 2. The number of likely N-dealkylation sites (tertiary alicyclic amines) is 2. The first kappa shape index (κ1) is 32.3. The lowest BCUT2D eigenvalue weighted by Crippen LogP contribution is -2.53. The average molecular weight is 655 g/mol. The van der Waals surface area contributed by atoms with E-state index in [1.165, 1.54) is 83.5 Å². The third-order valence-electron chi connectivity index (χ3n) is 18.6. The standard InChI is InChI=1S/C46H74N2/c1-3-13-31(14-4-1)33-25-26-40-44(30-33)48(36-20-11-17-34(29-36)38-23-12-16-32-15-7-8-21-37(32)38)43-28-27-42-45(46(40)43)39-22-9-10-24-41(39)47(42)35-18-5-2-6-19-35/h7,15,31-46H,1-6,8-14,16-30H2. The molecule has 0 aromatic rings. The molecule has 0 amide bonds. The smallest absolute Gasteiger partial charge is 0.0137 e. The lowest BCUT2D eigenvalue weighted by Gasteiger charge is -2.50. The lowest BCUT2D eigenvalue weighted by atomic mass is 9.60. The molecule has 0 aromatic heterocycles. The zero-order chi connectivity index (χ0) is 31.6. The van der Waals surface area contributed by atoms with Crippen LogP contribution in [0.4, 0.5) is 0 Å². The van der Waals surface area contributed by atoms with Crippen molar-refractivity contribution < 1.29 is 0 Å². The SMILES string of the molecule is C1=CC2CCCC(C3CCCC(N4C5CC(C6CCCCC6)CCC5C5C6C7CCCCC7N(C7CCCCC7)C6CCC54)C3)C2CC1. The van der Waals surface area contributed by atoms with Gasteiger partial charge in [0.25, 0.3) is 0 Å². The minimum Gasteiger partial charge on any atom is -0.294 e. The summed E-state index contributed by atoms with van der Waals surface area (Å²) in [5, 5.41) is 0. The van der Waals surface area contributed by atoms with E-state index in [0.29, 0.717) is 0 Å². The third kappa shape index (κ3) is 5.59. The fraction of sp³-hybridized carbons (Fsp3) is 0.957. The van der Waals surface area contributed by atoms with E-state index in [0.717, 1.165) is 95.4 Å². The van der Waals surface area contributed by atoms with Crippen LogP contribution in [0.5, 0.6) is 0 Å². The van der Waals surface area contributed by atoms with Crippen LogP contribution >= 0.6 is 0 Å². The number of rotatable bonds is 4. The van der Waals surface area contributed by atoms with Crippen LogP contribution < -0.4 is 0 Å². The van der Waals surface area contributed by atoms with Gasteiger partial charge >= 0.3 is 0 Å². The van der Waals surface area contributed by atoms with Gasteiger partial charge in [-0.25, -0.2) is 0 Å². The van der Waals surface area contributed by atoms with E-state index < -0.39 is 0 Å². The molecular formula is C46H74N2. The first-order chi connectivity index (χ1) is 23.8. The topological polar surface area (TPSA) is 6.48 Å². The quantitative estimate of drug-likeness (QED) is 0.278. The molecule has 2 aliphatic heterocycles. The highest BCUT2D eigenvalue weighted by atomic mass is 15.3. The summed E-state index contributed by atoms with van der Waals surface area (Å²) in [5.41, 5.74) is 0. The van der Waals surface area contributed by atoms with Crippen molar-refractivity contribution in [2.75, 3.05) is 0 Å². The van der Waals surface area contributed by atoms with Crippen molar-refractivity contribution in [1.82, 2.24) is 9.80 Å². The average Bonchev–Trinajstić information content (AvgIpc) is 3.68. The highest BCUT2D eigenvalue weighted by Crippen LogP contribution is 2.62. The van der Waals surface area contributed by atoms with Crippen LogP contribution in [0.2, 0.25) is 0 Å². The van der Waals surface area contributed by atoms with Gasteiger partial charge in [-0.05, 0) is 155 Å². The molecule has 0 radical (unpaired) electrons. The summed E-state index contributed by atoms with van der Waals surface area (Å²) < 4.78 is 0. The molecule has 0 aromatic carbocycles. The molecule has 2 heteroatoms. The first-order valence-corrected chi connectivity index (χ1v) is 23.0. The summed E-state index contributed by atoms with van der Waals surface area (Å²) in [5.74, 6) is 10.4. The number of allylic oxidation sites excluding steroid dienone is 2. The van der Waals surface area contributed by atoms with E-state index in [4.69, 9.17) is 0 Å². The van der Waals surface area contributed by atoms with E-state index in [1.807, 2.05) is 0 Å². The number of fused-ring (bicyclic) bond motifs is 8. The van der Waals surface area contributed by atoms with Crippen LogP contribution in [-0.2, 0) is 0 Å². The van der Waals surface area contributed by atoms with E-state index >= 15 is 0 Å². The Bertz CT molecular complexity index is 1120. The predicted octanol–water partition coefficient (Wildman–Crippen LogP) is 11.6. The van der Waals surface area contributed by atoms with Gasteiger partial charge in [-0.1, -0.05) is 95.6 Å². The summed E-state index contributed by atoms with van der Waals surface area (Å²) in [4.78, 5) is 6.82. The summed E-state index contributed by atoms with van der Waals surface area (Å²) in [6, 6.07) is 5.68. The Kier molecular flexibility index (Phi) is 9.36. The molecule has 48 heavy (non-hydrogen) atoms. The molecule has 2 nitrogen and oxygen atoms in total. The van der Waals surface area contributed by atoms with Crippen LogP contribution in [-0.4, -0.2) is 46.1 Å². The van der Waals surface area contributed by atoms with E-state index in [1.54, 1.807) is 96.3 Å². The van der Waals surface area contributed by atoms with Crippen molar-refractivity contribution in [1.29, 1.82) is 0 Å². The third-order valence-corrected chi connectivity index (χ3v) is 18.6.